The van der Waals surface area contributed by atoms with Gasteiger partial charge in [-0.25, -0.2) is 0 Å². The van der Waals surface area contributed by atoms with Gasteiger partial charge in [0, 0.05) is 29.9 Å². The second kappa shape index (κ2) is 7.12. The SMILES string of the molecule is CC(=O)c1ccc(N2CC(C(=O)Nc3c(C)cccc3C)CC2=O)cc1. The number of para-hydroxylation sites is 1. The zero-order valence-electron chi connectivity index (χ0n) is 15.2. The van der Waals surface area contributed by atoms with Crippen LogP contribution in [0.3, 0.4) is 0 Å². The zero-order valence-corrected chi connectivity index (χ0v) is 15.2. The van der Waals surface area contributed by atoms with Gasteiger partial charge in [-0.1, -0.05) is 18.2 Å². The molecule has 26 heavy (non-hydrogen) atoms. The van der Waals surface area contributed by atoms with Gasteiger partial charge in [0.25, 0.3) is 0 Å². The fourth-order valence-corrected chi connectivity index (χ4v) is 3.25. The number of benzene rings is 2. The number of hydrogen-bond donors (Lipinski definition) is 1. The minimum absolute atomic E-state index is 0.0184. The Hall–Kier alpha value is -2.95. The van der Waals surface area contributed by atoms with Crippen LogP contribution >= 0.6 is 0 Å². The molecule has 0 aromatic heterocycles. The van der Waals surface area contributed by atoms with E-state index in [0.717, 1.165) is 16.8 Å². The number of ketones is 1. The number of nitrogens with one attached hydrogen (secondary N) is 1. The van der Waals surface area contributed by atoms with E-state index in [1.54, 1.807) is 29.2 Å². The largest absolute Gasteiger partial charge is 0.325 e. The summed E-state index contributed by atoms with van der Waals surface area (Å²) in [6.45, 7) is 5.75. The van der Waals surface area contributed by atoms with Gasteiger partial charge in [-0.05, 0) is 56.2 Å². The number of carbonyl (C=O) groups is 3. The summed E-state index contributed by atoms with van der Waals surface area (Å²) in [7, 11) is 0. The molecule has 5 nitrogen and oxygen atoms in total. The van der Waals surface area contributed by atoms with E-state index in [2.05, 4.69) is 5.32 Å². The molecule has 1 atom stereocenters. The first-order valence-electron chi connectivity index (χ1n) is 8.65. The molecule has 134 valence electrons. The van der Waals surface area contributed by atoms with Crippen molar-refractivity contribution in [3.8, 4) is 0 Å². The molecule has 5 heteroatoms. The molecule has 0 aliphatic carbocycles. The molecular formula is C21H22N2O3. The van der Waals surface area contributed by atoms with Crippen LogP contribution in [0.4, 0.5) is 11.4 Å². The van der Waals surface area contributed by atoms with Gasteiger partial charge in [-0.3, -0.25) is 14.4 Å². The lowest BCUT2D eigenvalue weighted by Gasteiger charge is -2.18. The quantitative estimate of drug-likeness (QED) is 0.858. The van der Waals surface area contributed by atoms with Crippen LogP contribution in [0.2, 0.25) is 0 Å². The highest BCUT2D eigenvalue weighted by molar-refractivity contribution is 6.04. The van der Waals surface area contributed by atoms with E-state index < -0.39 is 5.92 Å². The van der Waals surface area contributed by atoms with Gasteiger partial charge < -0.3 is 10.2 Å². The smallest absolute Gasteiger partial charge is 0.229 e. The van der Waals surface area contributed by atoms with Gasteiger partial charge in [0.15, 0.2) is 5.78 Å². The standard InChI is InChI=1S/C21H22N2O3/c1-13-5-4-6-14(2)20(13)22-21(26)17-11-19(25)23(12-17)18-9-7-16(8-10-18)15(3)24/h4-10,17H,11-12H2,1-3H3,(H,22,26). The first-order chi connectivity index (χ1) is 12.4. The molecule has 1 heterocycles. The second-order valence-corrected chi connectivity index (χ2v) is 6.76. The van der Waals surface area contributed by atoms with E-state index in [1.165, 1.54) is 6.92 Å². The van der Waals surface area contributed by atoms with Gasteiger partial charge in [-0.15, -0.1) is 0 Å². The van der Waals surface area contributed by atoms with Gasteiger partial charge >= 0.3 is 0 Å². The summed E-state index contributed by atoms with van der Waals surface area (Å²) in [6.07, 6.45) is 0.186. The highest BCUT2D eigenvalue weighted by atomic mass is 16.2. The normalized spacial score (nSPS) is 16.7. The van der Waals surface area contributed by atoms with E-state index in [9.17, 15) is 14.4 Å². The summed E-state index contributed by atoms with van der Waals surface area (Å²) >= 11 is 0. The predicted octanol–water partition coefficient (Wildman–Crippen LogP) is 3.50. The molecule has 1 aliphatic rings. The highest BCUT2D eigenvalue weighted by Crippen LogP contribution is 2.27. The lowest BCUT2D eigenvalue weighted by atomic mass is 10.1. The highest BCUT2D eigenvalue weighted by Gasteiger charge is 2.35. The molecule has 0 spiro atoms. The minimum atomic E-state index is -0.394. The molecule has 1 saturated heterocycles. The Kier molecular flexibility index (Phi) is 4.89. The molecule has 1 N–H and O–H groups in total. The molecular weight excluding hydrogens is 328 g/mol. The number of nitrogens with zero attached hydrogens (tertiary/aromatic N) is 1. The third-order valence-electron chi connectivity index (χ3n) is 4.81. The maximum Gasteiger partial charge on any atom is 0.229 e. The molecule has 2 amide bonds. The summed E-state index contributed by atoms with van der Waals surface area (Å²) < 4.78 is 0. The number of rotatable bonds is 4. The first kappa shape index (κ1) is 17.9. The van der Waals surface area contributed by atoms with Gasteiger partial charge in [-0.2, -0.15) is 0 Å². The van der Waals surface area contributed by atoms with Crippen LogP contribution in [0.25, 0.3) is 0 Å². The van der Waals surface area contributed by atoms with Crippen LogP contribution in [-0.2, 0) is 9.59 Å². The fourth-order valence-electron chi connectivity index (χ4n) is 3.25. The minimum Gasteiger partial charge on any atom is -0.325 e. The molecule has 3 rings (SSSR count). The number of amides is 2. The summed E-state index contributed by atoms with van der Waals surface area (Å²) in [5, 5.41) is 2.97. The van der Waals surface area contributed by atoms with E-state index in [1.807, 2.05) is 32.0 Å². The number of Topliss-reactive ketones (excluding diaryl/α,β-unsaturated/α-hetero) is 1. The molecule has 0 saturated carbocycles. The molecule has 1 fully saturated rings. The maximum absolute atomic E-state index is 12.7. The summed E-state index contributed by atoms with van der Waals surface area (Å²) in [5.41, 5.74) is 4.13. The Bertz CT molecular complexity index is 851. The Balaban J connectivity index is 1.73. The first-order valence-corrected chi connectivity index (χ1v) is 8.65. The van der Waals surface area contributed by atoms with Crippen molar-refractivity contribution >= 4 is 29.0 Å². The Morgan fingerprint density at radius 1 is 1.04 bits per heavy atom. The van der Waals surface area contributed by atoms with Crippen molar-refractivity contribution in [3.63, 3.8) is 0 Å². The second-order valence-electron chi connectivity index (χ2n) is 6.76. The Labute approximate surface area is 153 Å². The van der Waals surface area contributed by atoms with E-state index in [-0.39, 0.29) is 24.0 Å². The van der Waals surface area contributed by atoms with Crippen LogP contribution in [0.1, 0.15) is 34.8 Å². The van der Waals surface area contributed by atoms with E-state index in [4.69, 9.17) is 0 Å². The molecule has 2 aromatic rings. The topological polar surface area (TPSA) is 66.5 Å². The number of hydrogen-bond acceptors (Lipinski definition) is 3. The third-order valence-corrected chi connectivity index (χ3v) is 4.81. The van der Waals surface area contributed by atoms with Crippen LogP contribution in [0.5, 0.6) is 0 Å². The van der Waals surface area contributed by atoms with Crippen molar-refractivity contribution in [2.75, 3.05) is 16.8 Å². The van der Waals surface area contributed by atoms with Gasteiger partial charge in [0.1, 0.15) is 0 Å². The monoisotopic (exact) mass is 350 g/mol. The maximum atomic E-state index is 12.7. The van der Waals surface area contributed by atoms with Crippen LogP contribution in [0, 0.1) is 19.8 Å². The Morgan fingerprint density at radius 3 is 2.23 bits per heavy atom. The number of aryl methyl sites for hydroxylation is 2. The zero-order chi connectivity index (χ0) is 18.8. The van der Waals surface area contributed by atoms with Crippen LogP contribution in [0.15, 0.2) is 42.5 Å². The number of carbonyl (C=O) groups excluding carboxylic acids is 3. The molecule has 1 unspecified atom stereocenters. The van der Waals surface area contributed by atoms with Crippen molar-refractivity contribution in [1.82, 2.24) is 0 Å². The van der Waals surface area contributed by atoms with Crippen LogP contribution < -0.4 is 10.2 Å². The number of anilines is 2. The Morgan fingerprint density at radius 2 is 1.65 bits per heavy atom. The van der Waals surface area contributed by atoms with E-state index >= 15 is 0 Å². The van der Waals surface area contributed by atoms with Crippen molar-refractivity contribution < 1.29 is 14.4 Å². The van der Waals surface area contributed by atoms with E-state index in [0.29, 0.717) is 17.8 Å². The summed E-state index contributed by atoms with van der Waals surface area (Å²) in [4.78, 5) is 38.0. The average Bonchev–Trinajstić information content (AvgIpc) is 3.00. The predicted molar refractivity (Wildman–Crippen MR) is 101 cm³/mol. The van der Waals surface area contributed by atoms with Crippen LogP contribution in [-0.4, -0.2) is 24.1 Å². The van der Waals surface area contributed by atoms with Gasteiger partial charge in [0.2, 0.25) is 11.8 Å². The molecule has 1 aliphatic heterocycles. The van der Waals surface area contributed by atoms with Crippen molar-refractivity contribution in [1.29, 1.82) is 0 Å². The summed E-state index contributed by atoms with van der Waals surface area (Å²) in [5.74, 6) is -0.634. The summed E-state index contributed by atoms with van der Waals surface area (Å²) in [6, 6.07) is 12.8. The van der Waals surface area contributed by atoms with Gasteiger partial charge in [0.05, 0.1) is 5.92 Å². The average molecular weight is 350 g/mol. The third kappa shape index (κ3) is 3.52. The lowest BCUT2D eigenvalue weighted by Crippen LogP contribution is -2.28. The molecule has 0 bridgehead atoms. The molecule has 0 radical (unpaired) electrons. The van der Waals surface area contributed by atoms with Crippen molar-refractivity contribution in [3.05, 3.63) is 59.2 Å². The van der Waals surface area contributed by atoms with Crippen molar-refractivity contribution in [2.24, 2.45) is 5.92 Å². The molecule has 2 aromatic carbocycles. The fraction of sp³-hybridized carbons (Fsp3) is 0.286. The lowest BCUT2D eigenvalue weighted by molar-refractivity contribution is -0.122. The van der Waals surface area contributed by atoms with Crippen molar-refractivity contribution in [2.45, 2.75) is 27.2 Å².